The highest BCUT2D eigenvalue weighted by Crippen LogP contribution is 2.18. The molecule has 0 amide bonds. The highest BCUT2D eigenvalue weighted by atomic mass is 15.1. The molecule has 0 unspecified atom stereocenters. The molecule has 72 valence electrons. The van der Waals surface area contributed by atoms with E-state index in [9.17, 15) is 0 Å². The molecule has 0 atom stereocenters. The molecule has 0 aliphatic carbocycles. The van der Waals surface area contributed by atoms with Gasteiger partial charge in [0.1, 0.15) is 5.82 Å². The van der Waals surface area contributed by atoms with Crippen molar-refractivity contribution in [3.05, 3.63) is 11.8 Å². The Morgan fingerprint density at radius 2 is 1.92 bits per heavy atom. The first-order chi connectivity index (χ1) is 5.95. The summed E-state index contributed by atoms with van der Waals surface area (Å²) >= 11 is 0. The highest BCUT2D eigenvalue weighted by molar-refractivity contribution is 5.37. The molecule has 0 fully saturated rings. The predicted molar refractivity (Wildman–Crippen MR) is 52.9 cm³/mol. The standard InChI is InChI=1S/C8H15N5/c1-8(2,11-3)5-4-6(9)13-7(10)12-5/h4,11H,1-3H3,(H4,9,10,12,13). The molecule has 5 N–H and O–H groups in total. The number of hydrogen-bond donors (Lipinski definition) is 3. The molecule has 1 aromatic heterocycles. The number of nitrogens with two attached hydrogens (primary N) is 2. The van der Waals surface area contributed by atoms with Crippen LogP contribution in [0.4, 0.5) is 11.8 Å². The molecule has 5 nitrogen and oxygen atoms in total. The van der Waals surface area contributed by atoms with Crippen LogP contribution in [0.25, 0.3) is 0 Å². The number of rotatable bonds is 2. The molecule has 1 heterocycles. The molecule has 0 aliphatic rings. The van der Waals surface area contributed by atoms with Gasteiger partial charge in [-0.05, 0) is 20.9 Å². The van der Waals surface area contributed by atoms with E-state index in [4.69, 9.17) is 11.5 Å². The Bertz CT molecular complexity index is 287. The van der Waals surface area contributed by atoms with E-state index < -0.39 is 0 Å². The van der Waals surface area contributed by atoms with Gasteiger partial charge in [-0.2, -0.15) is 4.98 Å². The van der Waals surface area contributed by atoms with Crippen molar-refractivity contribution < 1.29 is 0 Å². The average Bonchev–Trinajstić information content (AvgIpc) is 2.02. The van der Waals surface area contributed by atoms with E-state index in [0.717, 1.165) is 5.69 Å². The van der Waals surface area contributed by atoms with Crippen LogP contribution in [0, 0.1) is 0 Å². The normalized spacial score (nSPS) is 11.6. The van der Waals surface area contributed by atoms with Crippen molar-refractivity contribution in [2.75, 3.05) is 18.5 Å². The summed E-state index contributed by atoms with van der Waals surface area (Å²) in [6.45, 7) is 3.99. The fraction of sp³-hybridized carbons (Fsp3) is 0.500. The molecule has 0 radical (unpaired) electrons. The monoisotopic (exact) mass is 181 g/mol. The highest BCUT2D eigenvalue weighted by Gasteiger charge is 2.20. The quantitative estimate of drug-likeness (QED) is 0.602. The van der Waals surface area contributed by atoms with Crippen LogP contribution in [-0.2, 0) is 5.54 Å². The maximum absolute atomic E-state index is 5.55. The van der Waals surface area contributed by atoms with Crippen LogP contribution in [-0.4, -0.2) is 17.0 Å². The second-order valence-electron chi connectivity index (χ2n) is 3.41. The molecular formula is C8H15N5. The van der Waals surface area contributed by atoms with Gasteiger partial charge in [0.05, 0.1) is 11.2 Å². The number of nitrogen functional groups attached to an aromatic ring is 2. The maximum Gasteiger partial charge on any atom is 0.222 e. The number of anilines is 2. The van der Waals surface area contributed by atoms with Crippen molar-refractivity contribution >= 4 is 11.8 Å². The molecule has 0 aliphatic heterocycles. The molecule has 0 aromatic carbocycles. The SMILES string of the molecule is CNC(C)(C)c1cc(N)nc(N)n1. The summed E-state index contributed by atoms with van der Waals surface area (Å²) in [5.41, 5.74) is 11.6. The van der Waals surface area contributed by atoms with Crippen molar-refractivity contribution in [1.82, 2.24) is 15.3 Å². The van der Waals surface area contributed by atoms with Crippen LogP contribution < -0.4 is 16.8 Å². The zero-order chi connectivity index (χ0) is 10.1. The predicted octanol–water partition coefficient (Wildman–Crippen LogP) is 0.0955. The summed E-state index contributed by atoms with van der Waals surface area (Å²) in [5.74, 6) is 0.601. The van der Waals surface area contributed by atoms with Crippen LogP contribution in [0.5, 0.6) is 0 Å². The maximum atomic E-state index is 5.55. The molecule has 0 spiro atoms. The Morgan fingerprint density at radius 3 is 2.38 bits per heavy atom. The van der Waals surface area contributed by atoms with Gasteiger partial charge >= 0.3 is 0 Å². The summed E-state index contributed by atoms with van der Waals surface area (Å²) in [7, 11) is 1.86. The number of nitrogens with one attached hydrogen (secondary N) is 1. The van der Waals surface area contributed by atoms with Gasteiger partial charge in [0.2, 0.25) is 5.95 Å². The molecule has 1 rings (SSSR count). The lowest BCUT2D eigenvalue weighted by Gasteiger charge is -2.23. The molecule has 1 aromatic rings. The smallest absolute Gasteiger partial charge is 0.222 e. The van der Waals surface area contributed by atoms with Crippen molar-refractivity contribution in [2.24, 2.45) is 0 Å². The molecule has 5 heteroatoms. The Hall–Kier alpha value is -1.36. The van der Waals surface area contributed by atoms with Crippen molar-refractivity contribution in [1.29, 1.82) is 0 Å². The Morgan fingerprint density at radius 1 is 1.31 bits per heavy atom. The Balaban J connectivity index is 3.15. The van der Waals surface area contributed by atoms with E-state index in [1.54, 1.807) is 6.07 Å². The third-order valence-corrected chi connectivity index (χ3v) is 2.03. The van der Waals surface area contributed by atoms with Gasteiger partial charge in [-0.15, -0.1) is 0 Å². The number of nitrogens with zero attached hydrogens (tertiary/aromatic N) is 2. The zero-order valence-electron chi connectivity index (χ0n) is 8.13. The summed E-state index contributed by atoms with van der Waals surface area (Å²) < 4.78 is 0. The van der Waals surface area contributed by atoms with Crippen molar-refractivity contribution in [3.63, 3.8) is 0 Å². The summed E-state index contributed by atoms with van der Waals surface area (Å²) in [6.07, 6.45) is 0. The lowest BCUT2D eigenvalue weighted by atomic mass is 10.0. The van der Waals surface area contributed by atoms with Crippen LogP contribution in [0.15, 0.2) is 6.07 Å². The van der Waals surface area contributed by atoms with Crippen LogP contribution >= 0.6 is 0 Å². The van der Waals surface area contributed by atoms with Crippen LogP contribution in [0.1, 0.15) is 19.5 Å². The topological polar surface area (TPSA) is 89.8 Å². The van der Waals surface area contributed by atoms with Gasteiger partial charge in [-0.3, -0.25) is 0 Å². The van der Waals surface area contributed by atoms with Crippen LogP contribution in [0.3, 0.4) is 0 Å². The fourth-order valence-electron chi connectivity index (χ4n) is 0.934. The molecule has 0 bridgehead atoms. The first kappa shape index (κ1) is 9.73. The first-order valence-corrected chi connectivity index (χ1v) is 4.05. The summed E-state index contributed by atoms with van der Waals surface area (Å²) in [5, 5.41) is 3.11. The van der Waals surface area contributed by atoms with Crippen molar-refractivity contribution in [3.8, 4) is 0 Å². The third-order valence-electron chi connectivity index (χ3n) is 2.03. The van der Waals surface area contributed by atoms with E-state index in [2.05, 4.69) is 15.3 Å². The molecule has 0 saturated carbocycles. The van der Waals surface area contributed by atoms with Gasteiger partial charge < -0.3 is 16.8 Å². The molecular weight excluding hydrogens is 166 g/mol. The van der Waals surface area contributed by atoms with E-state index in [-0.39, 0.29) is 11.5 Å². The van der Waals surface area contributed by atoms with E-state index in [0.29, 0.717) is 5.82 Å². The lowest BCUT2D eigenvalue weighted by Crippen LogP contribution is -2.34. The Kier molecular flexibility index (Phi) is 2.38. The lowest BCUT2D eigenvalue weighted by molar-refractivity contribution is 0.431. The first-order valence-electron chi connectivity index (χ1n) is 4.05. The minimum absolute atomic E-state index is 0.207. The fourth-order valence-corrected chi connectivity index (χ4v) is 0.934. The summed E-state index contributed by atoms with van der Waals surface area (Å²) in [6, 6.07) is 1.72. The number of hydrogen-bond acceptors (Lipinski definition) is 5. The molecule has 0 saturated heterocycles. The molecule has 13 heavy (non-hydrogen) atoms. The third kappa shape index (κ3) is 2.06. The van der Waals surface area contributed by atoms with Gasteiger partial charge in [0.25, 0.3) is 0 Å². The Labute approximate surface area is 77.6 Å². The average molecular weight is 181 g/mol. The second kappa shape index (κ2) is 3.18. The second-order valence-corrected chi connectivity index (χ2v) is 3.41. The van der Waals surface area contributed by atoms with Gasteiger partial charge in [-0.25, -0.2) is 4.98 Å². The van der Waals surface area contributed by atoms with Gasteiger partial charge in [0.15, 0.2) is 0 Å². The van der Waals surface area contributed by atoms with E-state index in [1.807, 2.05) is 20.9 Å². The van der Waals surface area contributed by atoms with E-state index in [1.165, 1.54) is 0 Å². The minimum Gasteiger partial charge on any atom is -0.384 e. The van der Waals surface area contributed by atoms with E-state index >= 15 is 0 Å². The number of aromatic nitrogens is 2. The van der Waals surface area contributed by atoms with Gasteiger partial charge in [-0.1, -0.05) is 0 Å². The minimum atomic E-state index is -0.245. The summed E-state index contributed by atoms with van der Waals surface area (Å²) in [4.78, 5) is 7.90. The van der Waals surface area contributed by atoms with Crippen LogP contribution in [0.2, 0.25) is 0 Å². The zero-order valence-corrected chi connectivity index (χ0v) is 8.13. The largest absolute Gasteiger partial charge is 0.384 e. The van der Waals surface area contributed by atoms with Crippen molar-refractivity contribution in [2.45, 2.75) is 19.4 Å². The van der Waals surface area contributed by atoms with Gasteiger partial charge in [0, 0.05) is 6.07 Å².